The highest BCUT2D eigenvalue weighted by molar-refractivity contribution is 5.90. The summed E-state index contributed by atoms with van der Waals surface area (Å²) in [6.45, 7) is 6.58. The van der Waals surface area contributed by atoms with Crippen molar-refractivity contribution in [3.8, 4) is 0 Å². The van der Waals surface area contributed by atoms with E-state index >= 15 is 0 Å². The van der Waals surface area contributed by atoms with Crippen LogP contribution in [0.2, 0.25) is 0 Å². The summed E-state index contributed by atoms with van der Waals surface area (Å²) >= 11 is 0. The van der Waals surface area contributed by atoms with Gasteiger partial charge in [0.25, 0.3) is 0 Å². The van der Waals surface area contributed by atoms with Crippen LogP contribution in [-0.4, -0.2) is 133 Å². The zero-order valence-electron chi connectivity index (χ0n) is 28.3. The number of aliphatic hydroxyl groups excluding tert-OH is 6. The molecule has 0 amide bonds. The van der Waals surface area contributed by atoms with Crippen LogP contribution in [0.3, 0.4) is 0 Å². The second kappa shape index (κ2) is 12.6. The van der Waals surface area contributed by atoms with Crippen LogP contribution < -0.4 is 0 Å². The minimum Gasteiger partial charge on any atom is -0.479 e. The van der Waals surface area contributed by atoms with Crippen molar-refractivity contribution in [2.75, 3.05) is 13.7 Å². The van der Waals surface area contributed by atoms with Crippen molar-refractivity contribution in [3.05, 3.63) is 24.2 Å². The summed E-state index contributed by atoms with van der Waals surface area (Å²) in [5.41, 5.74) is -8.82. The molecule has 4 aliphatic rings. The molecule has 0 bridgehead atoms. The summed E-state index contributed by atoms with van der Waals surface area (Å²) in [6.07, 6.45) is -14.1. The topological polar surface area (TPSA) is 266 Å². The van der Waals surface area contributed by atoms with Crippen molar-refractivity contribution in [2.45, 2.75) is 120 Å². The number of hydrogen-bond donors (Lipinski definition) is 8. The Kier molecular flexibility index (Phi) is 9.71. The summed E-state index contributed by atoms with van der Waals surface area (Å²) in [4.78, 5) is 39.7. The Bertz CT molecular complexity index is 1410. The molecule has 5 rings (SSSR count). The third kappa shape index (κ3) is 5.29. The van der Waals surface area contributed by atoms with Gasteiger partial charge in [-0.05, 0) is 44.7 Å². The van der Waals surface area contributed by atoms with E-state index < -0.39 is 125 Å². The molecule has 0 radical (unpaired) electrons. The van der Waals surface area contributed by atoms with Crippen LogP contribution in [0, 0.1) is 28.1 Å². The molecule has 0 aromatic carbocycles. The summed E-state index contributed by atoms with van der Waals surface area (Å²) in [5.74, 6) is -5.42. The largest absolute Gasteiger partial charge is 0.479 e. The van der Waals surface area contributed by atoms with Crippen LogP contribution in [0.15, 0.2) is 22.8 Å². The average Bonchev–Trinajstić information content (AvgIpc) is 3.60. The molecule has 8 N–H and O–H groups in total. The Morgan fingerprint density at radius 2 is 1.76 bits per heavy atom. The van der Waals surface area contributed by atoms with Crippen molar-refractivity contribution in [1.29, 1.82) is 0 Å². The van der Waals surface area contributed by atoms with Crippen LogP contribution in [0.4, 0.5) is 0 Å². The van der Waals surface area contributed by atoms with Crippen LogP contribution in [0.5, 0.6) is 0 Å². The maximum absolute atomic E-state index is 14.4. The summed E-state index contributed by atoms with van der Waals surface area (Å²) in [6, 6.07) is 3.04. The lowest BCUT2D eigenvalue weighted by Crippen LogP contribution is -2.76. The van der Waals surface area contributed by atoms with Gasteiger partial charge in [0.1, 0.15) is 48.0 Å². The Labute approximate surface area is 282 Å². The number of Topliss-reactive ketones (excluding diaryl/α,β-unsaturated/α-hetero) is 1. The Morgan fingerprint density at radius 1 is 1.10 bits per heavy atom. The second-order valence-electron chi connectivity index (χ2n) is 15.1. The first kappa shape index (κ1) is 37.7. The molecule has 276 valence electrons. The van der Waals surface area contributed by atoms with Crippen molar-refractivity contribution in [1.82, 2.24) is 0 Å². The van der Waals surface area contributed by atoms with Gasteiger partial charge in [-0.2, -0.15) is 0 Å². The number of aliphatic hydroxyl groups is 7. The molecule has 49 heavy (non-hydrogen) atoms. The highest BCUT2D eigenvalue weighted by Crippen LogP contribution is 2.77. The number of carboxylic acid groups (broad SMARTS) is 1. The van der Waals surface area contributed by atoms with E-state index in [9.17, 15) is 55.2 Å². The fraction of sp³-hybridized carbons (Fsp3) is 0.788. The SMILES string of the molecule is COC(=O)C[C@@H](O)[C@]1(C)[C@H]2CC[C@@](C)([C@@H](O[C@@H]3O[C@H](CO)[C@@H](O)[C@H](O)[C@H]3O)c3ccco3)[C@@]3(O[C@H]3C(=O)O)[C@]2(C)[C@@H](O)C(=O)[C@H]1C(C)(C)O. The number of methoxy groups -OCH3 is 1. The highest BCUT2D eigenvalue weighted by atomic mass is 16.7. The number of rotatable bonds is 10. The quantitative estimate of drug-likeness (QED) is 0.108. The summed E-state index contributed by atoms with van der Waals surface area (Å²) in [7, 11) is 1.13. The molecule has 2 saturated carbocycles. The van der Waals surface area contributed by atoms with Crippen LogP contribution >= 0.6 is 0 Å². The Balaban J connectivity index is 1.70. The molecule has 1 aromatic heterocycles. The third-order valence-electron chi connectivity index (χ3n) is 12.2. The fourth-order valence-corrected chi connectivity index (χ4v) is 9.94. The van der Waals surface area contributed by atoms with Gasteiger partial charge in [0.15, 0.2) is 18.2 Å². The van der Waals surface area contributed by atoms with E-state index in [0.29, 0.717) is 0 Å². The zero-order chi connectivity index (χ0) is 36.6. The molecule has 0 unspecified atom stereocenters. The minimum absolute atomic E-state index is 0.0137. The van der Waals surface area contributed by atoms with E-state index in [4.69, 9.17) is 23.4 Å². The monoisotopic (exact) mass is 700 g/mol. The number of esters is 1. The lowest BCUT2D eigenvalue weighted by Gasteiger charge is -2.67. The summed E-state index contributed by atoms with van der Waals surface area (Å²) < 4.78 is 28.7. The molecule has 1 spiro atoms. The maximum atomic E-state index is 14.4. The molecular weight excluding hydrogens is 652 g/mol. The number of fused-ring (bicyclic) bond motifs is 2. The van der Waals surface area contributed by atoms with Crippen molar-refractivity contribution < 1.29 is 78.6 Å². The normalized spacial score (nSPS) is 45.0. The van der Waals surface area contributed by atoms with E-state index in [1.165, 1.54) is 46.1 Å². The number of furan rings is 1. The predicted octanol–water partition coefficient (Wildman–Crippen LogP) is -0.957. The van der Waals surface area contributed by atoms with Gasteiger partial charge >= 0.3 is 11.9 Å². The molecule has 16 heteroatoms. The number of ether oxygens (including phenoxy) is 4. The molecule has 16 nitrogen and oxygen atoms in total. The number of hydrogen-bond acceptors (Lipinski definition) is 15. The molecular formula is C33H48O16. The van der Waals surface area contributed by atoms with E-state index in [1.54, 1.807) is 6.92 Å². The van der Waals surface area contributed by atoms with E-state index in [2.05, 4.69) is 0 Å². The van der Waals surface area contributed by atoms with E-state index in [-0.39, 0.29) is 18.6 Å². The van der Waals surface area contributed by atoms with Crippen LogP contribution in [0.1, 0.15) is 65.7 Å². The lowest BCUT2D eigenvalue weighted by atomic mass is 9.36. The van der Waals surface area contributed by atoms with E-state index in [0.717, 1.165) is 7.11 Å². The predicted molar refractivity (Wildman–Crippen MR) is 162 cm³/mol. The summed E-state index contributed by atoms with van der Waals surface area (Å²) in [5, 5.41) is 87.3. The van der Waals surface area contributed by atoms with Gasteiger partial charge in [0.05, 0.1) is 44.0 Å². The molecule has 3 heterocycles. The zero-order valence-corrected chi connectivity index (χ0v) is 28.3. The van der Waals surface area contributed by atoms with Crippen molar-refractivity contribution >= 4 is 17.7 Å². The third-order valence-corrected chi connectivity index (χ3v) is 12.2. The number of carboxylic acids is 1. The number of epoxide rings is 1. The molecule has 1 aromatic rings. The van der Waals surface area contributed by atoms with Gasteiger partial charge in [-0.15, -0.1) is 0 Å². The number of ketones is 1. The smallest absolute Gasteiger partial charge is 0.335 e. The average molecular weight is 701 g/mol. The first-order valence-corrected chi connectivity index (χ1v) is 16.3. The van der Waals surface area contributed by atoms with Gasteiger partial charge in [-0.25, -0.2) is 4.79 Å². The minimum atomic E-state index is -1.97. The number of carbonyl (C=O) groups is 3. The molecule has 15 atom stereocenters. The van der Waals surface area contributed by atoms with Crippen LogP contribution in [0.25, 0.3) is 0 Å². The number of aliphatic carboxylic acids is 1. The standard InChI is InChI=1S/C33H48O16/c1-29(2,44)23-22(40)24(41)32(5)16(31(23,4)17(35)12-18(36)45-6)9-10-30(3,33(32)26(49-33)27(42)43)25(14-8-7-11-46-14)48-28-21(39)20(38)19(37)15(13-34)47-28/h7-8,11,15-17,19-21,23-26,28,34-35,37-39,41,44H,9-10,12-13H2,1-6H3,(H,42,43)/t15-,16-,17-,19-,20+,21-,23+,24+,25+,26+,28+,30+,31+,32+,33-/m1/s1. The first-order valence-electron chi connectivity index (χ1n) is 16.3. The number of carbonyl (C=O) groups excluding carboxylic acids is 2. The van der Waals surface area contributed by atoms with Crippen LogP contribution in [-0.2, 0) is 33.3 Å². The first-order chi connectivity index (χ1) is 22.7. The molecule has 2 saturated heterocycles. The maximum Gasteiger partial charge on any atom is 0.335 e. The highest BCUT2D eigenvalue weighted by Gasteiger charge is 2.87. The van der Waals surface area contributed by atoms with Gasteiger partial charge in [-0.3, -0.25) is 9.59 Å². The Hall–Kier alpha value is -2.51. The molecule has 4 fully saturated rings. The Morgan fingerprint density at radius 3 is 2.27 bits per heavy atom. The van der Waals surface area contributed by atoms with Gasteiger partial charge in [-0.1, -0.05) is 20.8 Å². The van der Waals surface area contributed by atoms with Crippen molar-refractivity contribution in [2.24, 2.45) is 28.1 Å². The molecule has 2 aliphatic heterocycles. The van der Waals surface area contributed by atoms with Gasteiger partial charge in [0.2, 0.25) is 0 Å². The van der Waals surface area contributed by atoms with Gasteiger partial charge in [0, 0.05) is 16.2 Å². The van der Waals surface area contributed by atoms with E-state index in [1.807, 2.05) is 0 Å². The fourth-order valence-electron chi connectivity index (χ4n) is 9.94. The molecule has 2 aliphatic carbocycles. The second-order valence-corrected chi connectivity index (χ2v) is 15.1. The lowest BCUT2D eigenvalue weighted by molar-refractivity contribution is -0.333. The van der Waals surface area contributed by atoms with Gasteiger partial charge < -0.3 is 64.2 Å². The van der Waals surface area contributed by atoms with Crippen molar-refractivity contribution in [3.63, 3.8) is 0 Å².